The van der Waals surface area contributed by atoms with Crippen molar-refractivity contribution in [2.45, 2.75) is 31.7 Å². The molecule has 6 heteroatoms. The van der Waals surface area contributed by atoms with Gasteiger partial charge in [0, 0.05) is 26.7 Å². The smallest absolute Gasteiger partial charge is 0.193 e. The van der Waals surface area contributed by atoms with Crippen molar-refractivity contribution in [1.82, 2.24) is 15.1 Å². The Labute approximate surface area is 181 Å². The number of hydrogen-bond acceptors (Lipinski definition) is 3. The number of fused-ring (bicyclic) bond motifs is 1. The summed E-state index contributed by atoms with van der Waals surface area (Å²) in [6, 6.07) is 8.62. The zero-order valence-corrected chi connectivity index (χ0v) is 19.5. The quantitative estimate of drug-likeness (QED) is 0.392. The van der Waals surface area contributed by atoms with Gasteiger partial charge in [0.1, 0.15) is 5.75 Å². The van der Waals surface area contributed by atoms with Crippen LogP contribution in [0.4, 0.5) is 0 Å². The molecule has 3 unspecified atom stereocenters. The summed E-state index contributed by atoms with van der Waals surface area (Å²) in [6.45, 7) is 3.16. The summed E-state index contributed by atoms with van der Waals surface area (Å²) in [4.78, 5) is 9.29. The first kappa shape index (κ1) is 22.3. The third kappa shape index (κ3) is 5.50. The van der Waals surface area contributed by atoms with Gasteiger partial charge in [-0.15, -0.1) is 24.0 Å². The van der Waals surface area contributed by atoms with Crippen LogP contribution in [0, 0.1) is 11.8 Å². The van der Waals surface area contributed by atoms with Gasteiger partial charge in [-0.2, -0.15) is 0 Å². The molecule has 27 heavy (non-hydrogen) atoms. The largest absolute Gasteiger partial charge is 0.497 e. The van der Waals surface area contributed by atoms with Gasteiger partial charge in [-0.1, -0.05) is 25.0 Å². The first-order valence-corrected chi connectivity index (χ1v) is 9.88. The Kier molecular flexibility index (Phi) is 8.66. The Morgan fingerprint density at radius 3 is 2.48 bits per heavy atom. The number of halogens is 1. The SMILES string of the molecule is CN=C(NCC(c1cccc(OC)c1)N(C)C)N1CC2CCCCC2C1.I. The molecule has 0 spiro atoms. The molecular weight excluding hydrogens is 451 g/mol. The second kappa shape index (κ2) is 10.5. The fourth-order valence-corrected chi connectivity index (χ4v) is 4.55. The molecule has 1 heterocycles. The highest BCUT2D eigenvalue weighted by atomic mass is 127. The van der Waals surface area contributed by atoms with Crippen LogP contribution in [-0.4, -0.2) is 63.6 Å². The van der Waals surface area contributed by atoms with Crippen LogP contribution in [0.25, 0.3) is 0 Å². The summed E-state index contributed by atoms with van der Waals surface area (Å²) in [6.07, 6.45) is 5.59. The fraction of sp³-hybridized carbons (Fsp3) is 0.667. The number of rotatable bonds is 5. The normalized spacial score (nSPS) is 23.6. The number of guanidine groups is 1. The Morgan fingerprint density at radius 2 is 1.93 bits per heavy atom. The van der Waals surface area contributed by atoms with E-state index >= 15 is 0 Å². The molecule has 2 fully saturated rings. The molecule has 3 atom stereocenters. The molecule has 0 radical (unpaired) electrons. The van der Waals surface area contributed by atoms with E-state index in [1.54, 1.807) is 7.11 Å². The minimum absolute atomic E-state index is 0. The third-order valence-corrected chi connectivity index (χ3v) is 6.04. The molecule has 2 aliphatic rings. The van der Waals surface area contributed by atoms with Crippen LogP contribution in [0.5, 0.6) is 5.75 Å². The van der Waals surface area contributed by atoms with Gasteiger partial charge in [-0.25, -0.2) is 0 Å². The maximum Gasteiger partial charge on any atom is 0.193 e. The number of benzene rings is 1. The predicted molar refractivity (Wildman–Crippen MR) is 123 cm³/mol. The lowest BCUT2D eigenvalue weighted by atomic mass is 9.82. The molecule has 1 aliphatic carbocycles. The molecule has 0 amide bonds. The number of nitrogens with zero attached hydrogens (tertiary/aromatic N) is 3. The van der Waals surface area contributed by atoms with Gasteiger partial charge in [-0.05, 0) is 56.5 Å². The van der Waals surface area contributed by atoms with E-state index in [4.69, 9.17) is 4.74 Å². The van der Waals surface area contributed by atoms with Gasteiger partial charge in [-0.3, -0.25) is 4.99 Å². The zero-order chi connectivity index (χ0) is 18.5. The highest BCUT2D eigenvalue weighted by molar-refractivity contribution is 14.0. The Bertz CT molecular complexity index is 608. The monoisotopic (exact) mass is 486 g/mol. The first-order chi connectivity index (χ1) is 12.6. The molecular formula is C21H35IN4O. The number of methoxy groups -OCH3 is 1. The minimum atomic E-state index is 0. The van der Waals surface area contributed by atoms with E-state index < -0.39 is 0 Å². The molecule has 5 nitrogen and oxygen atoms in total. The molecule has 1 aliphatic heterocycles. The summed E-state index contributed by atoms with van der Waals surface area (Å²) in [5, 5.41) is 3.63. The highest BCUT2D eigenvalue weighted by Gasteiger charge is 2.35. The van der Waals surface area contributed by atoms with Gasteiger partial charge in [0.15, 0.2) is 5.96 Å². The summed E-state index contributed by atoms with van der Waals surface area (Å²) in [7, 11) is 7.87. The summed E-state index contributed by atoms with van der Waals surface area (Å²) in [5.41, 5.74) is 1.26. The van der Waals surface area contributed by atoms with Crippen LogP contribution >= 0.6 is 24.0 Å². The summed E-state index contributed by atoms with van der Waals surface area (Å²) < 4.78 is 5.40. The molecule has 1 N–H and O–H groups in total. The van der Waals surface area contributed by atoms with Crippen LogP contribution in [0.15, 0.2) is 29.3 Å². The van der Waals surface area contributed by atoms with E-state index in [9.17, 15) is 0 Å². The third-order valence-electron chi connectivity index (χ3n) is 6.04. The van der Waals surface area contributed by atoms with Crippen LogP contribution in [0.2, 0.25) is 0 Å². The van der Waals surface area contributed by atoms with E-state index in [2.05, 4.69) is 52.4 Å². The van der Waals surface area contributed by atoms with Gasteiger partial charge in [0.25, 0.3) is 0 Å². The molecule has 3 rings (SSSR count). The predicted octanol–water partition coefficient (Wildman–Crippen LogP) is 3.61. The van der Waals surface area contributed by atoms with Gasteiger partial charge >= 0.3 is 0 Å². The van der Waals surface area contributed by atoms with Crippen molar-refractivity contribution < 1.29 is 4.74 Å². The second-order valence-corrected chi connectivity index (χ2v) is 7.89. The zero-order valence-electron chi connectivity index (χ0n) is 17.1. The van der Waals surface area contributed by atoms with Gasteiger partial charge in [0.05, 0.1) is 13.2 Å². The second-order valence-electron chi connectivity index (χ2n) is 7.89. The lowest BCUT2D eigenvalue weighted by molar-refractivity contribution is 0.294. The highest BCUT2D eigenvalue weighted by Crippen LogP contribution is 2.36. The molecule has 152 valence electrons. The van der Waals surface area contributed by atoms with E-state index in [1.165, 1.54) is 31.2 Å². The van der Waals surface area contributed by atoms with Crippen LogP contribution in [-0.2, 0) is 0 Å². The standard InChI is InChI=1S/C21H34N4O.HI/c1-22-21(25-14-17-8-5-6-9-18(17)15-25)23-13-20(24(2)3)16-10-7-11-19(12-16)26-4;/h7,10-12,17-18,20H,5-6,8-9,13-15H2,1-4H3,(H,22,23);1H. The van der Waals surface area contributed by atoms with E-state index in [0.29, 0.717) is 0 Å². The van der Waals surface area contributed by atoms with E-state index in [-0.39, 0.29) is 30.0 Å². The van der Waals surface area contributed by atoms with Crippen molar-refractivity contribution in [1.29, 1.82) is 0 Å². The number of likely N-dealkylation sites (tertiary alicyclic amines) is 1. The number of ether oxygens (including phenoxy) is 1. The van der Waals surface area contributed by atoms with Gasteiger partial charge in [0.2, 0.25) is 0 Å². The van der Waals surface area contributed by atoms with Crippen LogP contribution in [0.3, 0.4) is 0 Å². The summed E-state index contributed by atoms with van der Waals surface area (Å²) >= 11 is 0. The maximum atomic E-state index is 5.40. The fourth-order valence-electron chi connectivity index (χ4n) is 4.55. The van der Waals surface area contributed by atoms with Crippen molar-refractivity contribution in [3.05, 3.63) is 29.8 Å². The lowest BCUT2D eigenvalue weighted by Crippen LogP contribution is -2.43. The minimum Gasteiger partial charge on any atom is -0.497 e. The number of nitrogens with one attached hydrogen (secondary N) is 1. The average Bonchev–Trinajstić information content (AvgIpc) is 3.09. The molecule has 1 aromatic rings. The summed E-state index contributed by atoms with van der Waals surface area (Å²) in [5.74, 6) is 3.69. The van der Waals surface area contributed by atoms with Gasteiger partial charge < -0.3 is 19.9 Å². The van der Waals surface area contributed by atoms with Crippen molar-refractivity contribution in [2.75, 3.05) is 47.9 Å². The van der Waals surface area contributed by atoms with Crippen molar-refractivity contribution >= 4 is 29.9 Å². The average molecular weight is 486 g/mol. The maximum absolute atomic E-state index is 5.40. The Hall–Kier alpha value is -1.02. The number of aliphatic imine (C=N–C) groups is 1. The van der Waals surface area contributed by atoms with Crippen molar-refractivity contribution in [2.24, 2.45) is 16.8 Å². The van der Waals surface area contributed by atoms with Crippen LogP contribution < -0.4 is 10.1 Å². The lowest BCUT2D eigenvalue weighted by Gasteiger charge is -2.28. The van der Waals surface area contributed by atoms with E-state index in [1.807, 2.05) is 13.1 Å². The molecule has 1 aromatic carbocycles. The number of likely N-dealkylation sites (N-methyl/N-ethyl adjacent to an activating group) is 1. The van der Waals surface area contributed by atoms with Crippen molar-refractivity contribution in [3.8, 4) is 5.75 Å². The first-order valence-electron chi connectivity index (χ1n) is 9.88. The Morgan fingerprint density at radius 1 is 1.26 bits per heavy atom. The van der Waals surface area contributed by atoms with Crippen LogP contribution in [0.1, 0.15) is 37.3 Å². The van der Waals surface area contributed by atoms with Crippen molar-refractivity contribution in [3.63, 3.8) is 0 Å². The topological polar surface area (TPSA) is 40.1 Å². The Balaban J connectivity index is 0.00000261. The molecule has 1 saturated heterocycles. The molecule has 0 bridgehead atoms. The number of hydrogen-bond donors (Lipinski definition) is 1. The van der Waals surface area contributed by atoms with E-state index in [0.717, 1.165) is 43.2 Å². The molecule has 0 aromatic heterocycles. The molecule has 1 saturated carbocycles.